The van der Waals surface area contributed by atoms with Crippen LogP contribution in [0, 0.1) is 5.92 Å². The maximum atomic E-state index is 13.1. The van der Waals surface area contributed by atoms with E-state index in [4.69, 9.17) is 37.0 Å². The first-order valence-electron chi connectivity index (χ1n) is 40.6. The lowest BCUT2D eigenvalue weighted by Crippen LogP contribution is -2.30. The first kappa shape index (κ1) is 95.1. The average molecular weight is 1420 g/mol. The highest BCUT2D eigenvalue weighted by Crippen LogP contribution is 2.45. The molecule has 0 aliphatic carbocycles. The summed E-state index contributed by atoms with van der Waals surface area (Å²) in [7, 11) is -9.91. The normalized spacial score (nSPS) is 13.9. The summed E-state index contributed by atoms with van der Waals surface area (Å²) < 4.78 is 68.5. The summed E-state index contributed by atoms with van der Waals surface area (Å²) in [6, 6.07) is 0. The molecular weight excluding hydrogens is 1270 g/mol. The van der Waals surface area contributed by atoms with Gasteiger partial charge in [0.25, 0.3) is 0 Å². The molecule has 19 heteroatoms. The Morgan fingerprint density at radius 3 is 0.701 bits per heavy atom. The molecule has 2 unspecified atom stereocenters. The first-order chi connectivity index (χ1) is 47.0. The van der Waals surface area contributed by atoms with Gasteiger partial charge in [0.2, 0.25) is 0 Å². The van der Waals surface area contributed by atoms with Gasteiger partial charge in [-0.05, 0) is 31.6 Å². The summed E-state index contributed by atoms with van der Waals surface area (Å²) in [6.07, 6.45) is 61.5. The molecule has 0 heterocycles. The Kier molecular flexibility index (Phi) is 69.6. The molecule has 5 atom stereocenters. The number of phosphoric acid groups is 2. The van der Waals surface area contributed by atoms with Gasteiger partial charge in [-0.1, -0.05) is 362 Å². The molecule has 0 spiro atoms. The lowest BCUT2D eigenvalue weighted by atomic mass is 10.0. The van der Waals surface area contributed by atoms with Crippen molar-refractivity contribution in [1.82, 2.24) is 0 Å². The van der Waals surface area contributed by atoms with Crippen molar-refractivity contribution in [3.8, 4) is 0 Å². The molecule has 0 bridgehead atoms. The number of carbonyl (C=O) groups excluding carboxylic acids is 4. The first-order valence-corrected chi connectivity index (χ1v) is 43.6. The molecule has 0 saturated carbocycles. The van der Waals surface area contributed by atoms with Crippen LogP contribution in [0.4, 0.5) is 0 Å². The molecule has 0 aromatic rings. The number of hydrogen-bond acceptors (Lipinski definition) is 15. The van der Waals surface area contributed by atoms with E-state index < -0.39 is 97.5 Å². The van der Waals surface area contributed by atoms with Crippen LogP contribution in [-0.4, -0.2) is 96.7 Å². The average Bonchev–Trinajstić information content (AvgIpc) is 3.71. The molecule has 17 nitrogen and oxygen atoms in total. The van der Waals surface area contributed by atoms with Gasteiger partial charge in [0.15, 0.2) is 12.2 Å². The third-order valence-corrected chi connectivity index (χ3v) is 20.2. The fraction of sp³-hybridized carbons (Fsp3) is 0.949. The largest absolute Gasteiger partial charge is 0.472 e. The van der Waals surface area contributed by atoms with Crippen molar-refractivity contribution < 1.29 is 80.2 Å². The second-order valence-corrected chi connectivity index (χ2v) is 31.5. The zero-order valence-electron chi connectivity index (χ0n) is 63.2. The molecule has 0 aliphatic heterocycles. The summed E-state index contributed by atoms with van der Waals surface area (Å²) in [5.41, 5.74) is 0. The van der Waals surface area contributed by atoms with Crippen LogP contribution in [0.3, 0.4) is 0 Å². The molecule has 576 valence electrons. The second-order valence-electron chi connectivity index (χ2n) is 28.6. The van der Waals surface area contributed by atoms with Crippen LogP contribution in [0.15, 0.2) is 0 Å². The molecule has 0 rings (SSSR count). The van der Waals surface area contributed by atoms with Gasteiger partial charge in [0.05, 0.1) is 26.4 Å². The Balaban J connectivity index is 5.15. The van der Waals surface area contributed by atoms with Gasteiger partial charge in [-0.25, -0.2) is 9.13 Å². The molecule has 0 aliphatic rings. The lowest BCUT2D eigenvalue weighted by Gasteiger charge is -2.21. The zero-order chi connectivity index (χ0) is 71.2. The van der Waals surface area contributed by atoms with E-state index in [1.807, 2.05) is 0 Å². The number of rotatable bonds is 78. The number of unbranched alkanes of at least 4 members (excludes halogenated alkanes) is 50. The van der Waals surface area contributed by atoms with Crippen molar-refractivity contribution in [2.75, 3.05) is 39.6 Å². The van der Waals surface area contributed by atoms with E-state index in [-0.39, 0.29) is 25.7 Å². The van der Waals surface area contributed by atoms with Crippen molar-refractivity contribution in [2.24, 2.45) is 5.92 Å². The Morgan fingerprint density at radius 1 is 0.278 bits per heavy atom. The quantitative estimate of drug-likeness (QED) is 0.0222. The zero-order valence-corrected chi connectivity index (χ0v) is 65.0. The minimum absolute atomic E-state index is 0.104. The molecular formula is C78H152O17P2. The smallest absolute Gasteiger partial charge is 0.462 e. The summed E-state index contributed by atoms with van der Waals surface area (Å²) in [5.74, 6) is -1.42. The fourth-order valence-corrected chi connectivity index (χ4v) is 13.6. The third kappa shape index (κ3) is 72.2. The van der Waals surface area contributed by atoms with Gasteiger partial charge in [0.1, 0.15) is 19.3 Å². The maximum absolute atomic E-state index is 13.1. The van der Waals surface area contributed by atoms with E-state index in [0.717, 1.165) is 96.3 Å². The number of ether oxygens (including phenoxy) is 4. The minimum atomic E-state index is -4.96. The minimum Gasteiger partial charge on any atom is -0.462 e. The molecule has 0 amide bonds. The van der Waals surface area contributed by atoms with Crippen molar-refractivity contribution >= 4 is 39.5 Å². The predicted molar refractivity (Wildman–Crippen MR) is 395 cm³/mol. The number of esters is 4. The maximum Gasteiger partial charge on any atom is 0.472 e. The molecule has 0 aromatic carbocycles. The number of carbonyl (C=O) groups is 4. The molecule has 97 heavy (non-hydrogen) atoms. The van der Waals surface area contributed by atoms with Crippen LogP contribution in [0.25, 0.3) is 0 Å². The van der Waals surface area contributed by atoms with Gasteiger partial charge in [-0.3, -0.25) is 37.3 Å². The number of aliphatic hydroxyl groups is 1. The topological polar surface area (TPSA) is 237 Å². The predicted octanol–water partition coefficient (Wildman–Crippen LogP) is 23.3. The summed E-state index contributed by atoms with van der Waals surface area (Å²) in [6.45, 7) is 7.21. The summed E-state index contributed by atoms with van der Waals surface area (Å²) >= 11 is 0. The van der Waals surface area contributed by atoms with E-state index in [1.165, 1.54) is 231 Å². The van der Waals surface area contributed by atoms with Crippen LogP contribution in [0.5, 0.6) is 0 Å². The van der Waals surface area contributed by atoms with Crippen molar-refractivity contribution in [2.45, 2.75) is 432 Å². The summed E-state index contributed by atoms with van der Waals surface area (Å²) in [5, 5.41) is 10.6. The van der Waals surface area contributed by atoms with Crippen LogP contribution < -0.4 is 0 Å². The standard InChI is InChI=1S/C78H152O17P2/c1-6-9-12-15-18-21-23-25-27-29-30-31-32-33-35-37-39-41-43-48-53-58-63-77(82)94-73(68-89-76(81)62-57-52-47-42-40-38-36-34-28-26-24-22-19-16-13-10-7-2)69-92-96(84,85)90-65-72(79)66-91-97(86,87)93-70-74(67-88-75(80)61-56-51-46-20-17-14-11-8-3)95-78(83)64-59-54-49-44-45-50-55-60-71(4)5/h71-74,79H,6-70H2,1-5H3,(H,84,85)(H,86,87)/t72-,73-,74-/m1/s1. The van der Waals surface area contributed by atoms with Gasteiger partial charge in [-0.15, -0.1) is 0 Å². The summed E-state index contributed by atoms with van der Waals surface area (Å²) in [4.78, 5) is 72.7. The van der Waals surface area contributed by atoms with E-state index in [9.17, 15) is 43.2 Å². The molecule has 0 fully saturated rings. The van der Waals surface area contributed by atoms with Crippen LogP contribution in [0.1, 0.15) is 413 Å². The fourth-order valence-electron chi connectivity index (χ4n) is 12.1. The SMILES string of the molecule is CCCCCCCCCCCCCCCCCCCCCCCCC(=O)O[C@H](COC(=O)CCCCCCCCCCCCCCCCCCC)COP(=O)(O)OC[C@@H](O)COP(=O)(O)OC[C@@H](COC(=O)CCCCCCCCCC)OC(=O)CCCCCCCCCC(C)C. The Labute approximate surface area is 594 Å². The highest BCUT2D eigenvalue weighted by atomic mass is 31.2. The van der Waals surface area contributed by atoms with E-state index in [0.29, 0.717) is 31.6 Å². The second kappa shape index (κ2) is 71.1. The van der Waals surface area contributed by atoms with Crippen LogP contribution in [-0.2, 0) is 65.4 Å². The van der Waals surface area contributed by atoms with E-state index in [1.54, 1.807) is 0 Å². The monoisotopic (exact) mass is 1420 g/mol. The molecule has 3 N–H and O–H groups in total. The van der Waals surface area contributed by atoms with Gasteiger partial charge < -0.3 is 33.8 Å². The third-order valence-electron chi connectivity index (χ3n) is 18.3. The lowest BCUT2D eigenvalue weighted by molar-refractivity contribution is -0.161. The Morgan fingerprint density at radius 2 is 0.474 bits per heavy atom. The highest BCUT2D eigenvalue weighted by molar-refractivity contribution is 7.47. The Hall–Kier alpha value is -1.94. The van der Waals surface area contributed by atoms with Crippen LogP contribution in [0.2, 0.25) is 0 Å². The van der Waals surface area contributed by atoms with Crippen molar-refractivity contribution in [3.05, 3.63) is 0 Å². The van der Waals surface area contributed by atoms with E-state index in [2.05, 4.69) is 34.6 Å². The highest BCUT2D eigenvalue weighted by Gasteiger charge is 2.30. The van der Waals surface area contributed by atoms with Crippen LogP contribution >= 0.6 is 15.6 Å². The van der Waals surface area contributed by atoms with Gasteiger partial charge in [0, 0.05) is 25.7 Å². The van der Waals surface area contributed by atoms with Gasteiger partial charge in [-0.2, -0.15) is 0 Å². The van der Waals surface area contributed by atoms with Crippen molar-refractivity contribution in [3.63, 3.8) is 0 Å². The molecule has 0 saturated heterocycles. The van der Waals surface area contributed by atoms with Gasteiger partial charge >= 0.3 is 39.5 Å². The van der Waals surface area contributed by atoms with E-state index >= 15 is 0 Å². The number of aliphatic hydroxyl groups excluding tert-OH is 1. The number of phosphoric ester groups is 2. The van der Waals surface area contributed by atoms with Crippen molar-refractivity contribution in [1.29, 1.82) is 0 Å². The number of hydrogen-bond donors (Lipinski definition) is 3. The molecule has 0 aromatic heterocycles. The Bertz CT molecular complexity index is 1860. The molecule has 0 radical (unpaired) electrons.